The lowest BCUT2D eigenvalue weighted by Gasteiger charge is -1.90. The van der Waals surface area contributed by atoms with Crippen LogP contribution < -0.4 is 0 Å². The Hall–Kier alpha value is -2.09. The Morgan fingerprint density at radius 3 is 2.44 bits per heavy atom. The molecule has 2 heteroatoms. The third kappa shape index (κ3) is 2.48. The molecule has 0 saturated heterocycles. The molecule has 80 valence electrons. The number of carbonyl (C=O) groups is 1. The Morgan fingerprint density at radius 1 is 1.06 bits per heavy atom. The third-order valence-corrected chi connectivity index (χ3v) is 2.21. The number of benzene rings is 1. The van der Waals surface area contributed by atoms with Gasteiger partial charge in [-0.05, 0) is 23.8 Å². The fourth-order valence-corrected chi connectivity index (χ4v) is 1.37. The highest BCUT2D eigenvalue weighted by molar-refractivity contribution is 5.91. The number of hydrogen-bond acceptors (Lipinski definition) is 2. The molecule has 2 rings (SSSR count). The van der Waals surface area contributed by atoms with Crippen molar-refractivity contribution in [1.29, 1.82) is 0 Å². The molecular weight excluding hydrogens is 200 g/mol. The molecule has 1 aromatic heterocycles. The summed E-state index contributed by atoms with van der Waals surface area (Å²) >= 11 is 0. The Kier molecular flexibility index (Phi) is 3.01. The minimum atomic E-state index is -0.0561. The summed E-state index contributed by atoms with van der Waals surface area (Å²) in [5, 5.41) is 0. The molecule has 2 nitrogen and oxygen atoms in total. The lowest BCUT2D eigenvalue weighted by Crippen LogP contribution is -1.85. The van der Waals surface area contributed by atoms with Crippen LogP contribution >= 0.6 is 0 Å². The highest BCUT2D eigenvalue weighted by Gasteiger charge is 2.03. The predicted octanol–water partition coefficient (Wildman–Crippen LogP) is 3.65. The van der Waals surface area contributed by atoms with Crippen LogP contribution in [-0.4, -0.2) is 5.78 Å². The molecule has 0 saturated carbocycles. The second kappa shape index (κ2) is 4.62. The van der Waals surface area contributed by atoms with Gasteiger partial charge in [0.1, 0.15) is 5.76 Å². The zero-order chi connectivity index (χ0) is 11.4. The summed E-state index contributed by atoms with van der Waals surface area (Å²) in [6.07, 6.45) is 3.80. The molecule has 0 unspecified atom stereocenters. The van der Waals surface area contributed by atoms with Crippen molar-refractivity contribution in [3.63, 3.8) is 0 Å². The van der Waals surface area contributed by atoms with Crippen LogP contribution in [0.3, 0.4) is 0 Å². The minimum Gasteiger partial charge on any atom is -0.454 e. The van der Waals surface area contributed by atoms with Gasteiger partial charge < -0.3 is 4.42 Å². The van der Waals surface area contributed by atoms with Crippen LogP contribution in [0.25, 0.3) is 12.2 Å². The Bertz CT molecular complexity index is 507. The number of hydrogen-bond donors (Lipinski definition) is 0. The molecule has 0 aliphatic rings. The molecular formula is C14H12O2. The predicted molar refractivity (Wildman–Crippen MR) is 64.1 cm³/mol. The van der Waals surface area contributed by atoms with E-state index >= 15 is 0 Å². The van der Waals surface area contributed by atoms with E-state index in [4.69, 9.17) is 4.42 Å². The van der Waals surface area contributed by atoms with Gasteiger partial charge in [-0.2, -0.15) is 0 Å². The Labute approximate surface area is 94.2 Å². The van der Waals surface area contributed by atoms with Crippen LogP contribution in [0.1, 0.15) is 28.8 Å². The molecule has 0 bridgehead atoms. The fourth-order valence-electron chi connectivity index (χ4n) is 1.37. The summed E-state index contributed by atoms with van der Waals surface area (Å²) in [5.41, 5.74) is 1.10. The van der Waals surface area contributed by atoms with Crippen molar-refractivity contribution in [2.45, 2.75) is 6.92 Å². The summed E-state index contributed by atoms with van der Waals surface area (Å²) in [4.78, 5) is 11.0. The van der Waals surface area contributed by atoms with Gasteiger partial charge in [-0.15, -0.1) is 0 Å². The fraction of sp³-hybridized carbons (Fsp3) is 0.0714. The molecule has 0 amide bonds. The van der Waals surface area contributed by atoms with Crippen LogP contribution in [0.2, 0.25) is 0 Å². The van der Waals surface area contributed by atoms with Crippen molar-refractivity contribution >= 4 is 17.9 Å². The first-order chi connectivity index (χ1) is 7.75. The van der Waals surface area contributed by atoms with Crippen molar-refractivity contribution in [2.75, 3.05) is 0 Å². The zero-order valence-electron chi connectivity index (χ0n) is 9.01. The van der Waals surface area contributed by atoms with Gasteiger partial charge in [0.2, 0.25) is 0 Å². The minimum absolute atomic E-state index is 0.0561. The van der Waals surface area contributed by atoms with Crippen molar-refractivity contribution in [2.24, 2.45) is 0 Å². The molecule has 0 spiro atoms. The molecule has 0 fully saturated rings. The second-order valence-electron chi connectivity index (χ2n) is 3.50. The van der Waals surface area contributed by atoms with E-state index in [0.29, 0.717) is 11.5 Å². The van der Waals surface area contributed by atoms with E-state index in [9.17, 15) is 4.79 Å². The van der Waals surface area contributed by atoms with Crippen LogP contribution in [0.5, 0.6) is 0 Å². The normalized spacial score (nSPS) is 10.8. The first-order valence-electron chi connectivity index (χ1n) is 5.09. The van der Waals surface area contributed by atoms with Gasteiger partial charge in [0, 0.05) is 6.92 Å². The SMILES string of the molecule is CC(=O)c1ccc(C=Cc2ccccc2)o1. The van der Waals surface area contributed by atoms with Crippen molar-refractivity contribution < 1.29 is 9.21 Å². The maximum absolute atomic E-state index is 11.0. The first kappa shape index (κ1) is 10.4. The topological polar surface area (TPSA) is 30.2 Å². The highest BCUT2D eigenvalue weighted by Crippen LogP contribution is 2.12. The van der Waals surface area contributed by atoms with E-state index in [1.165, 1.54) is 6.92 Å². The summed E-state index contributed by atoms with van der Waals surface area (Å²) in [6, 6.07) is 13.4. The Balaban J connectivity index is 2.15. The second-order valence-corrected chi connectivity index (χ2v) is 3.50. The summed E-state index contributed by atoms with van der Waals surface area (Å²) in [6.45, 7) is 1.49. The van der Waals surface area contributed by atoms with Crippen LogP contribution in [0, 0.1) is 0 Å². The van der Waals surface area contributed by atoms with E-state index in [-0.39, 0.29) is 5.78 Å². The first-order valence-corrected chi connectivity index (χ1v) is 5.09. The maximum atomic E-state index is 11.0. The molecule has 0 aliphatic heterocycles. The number of rotatable bonds is 3. The molecule has 16 heavy (non-hydrogen) atoms. The quantitative estimate of drug-likeness (QED) is 0.727. The smallest absolute Gasteiger partial charge is 0.194 e. The van der Waals surface area contributed by atoms with E-state index in [0.717, 1.165) is 5.56 Å². The van der Waals surface area contributed by atoms with Gasteiger partial charge in [0.05, 0.1) is 0 Å². The van der Waals surface area contributed by atoms with Gasteiger partial charge in [-0.1, -0.05) is 36.4 Å². The molecule has 1 heterocycles. The largest absolute Gasteiger partial charge is 0.454 e. The van der Waals surface area contributed by atoms with Gasteiger partial charge in [-0.25, -0.2) is 0 Å². The Morgan fingerprint density at radius 2 is 1.81 bits per heavy atom. The van der Waals surface area contributed by atoms with Crippen molar-refractivity contribution in [3.05, 3.63) is 59.5 Å². The van der Waals surface area contributed by atoms with Gasteiger partial charge in [0.25, 0.3) is 0 Å². The van der Waals surface area contributed by atoms with E-state index in [1.54, 1.807) is 12.1 Å². The molecule has 2 aromatic rings. The molecule has 0 aliphatic carbocycles. The van der Waals surface area contributed by atoms with Crippen molar-refractivity contribution in [3.8, 4) is 0 Å². The van der Waals surface area contributed by atoms with Gasteiger partial charge >= 0.3 is 0 Å². The van der Waals surface area contributed by atoms with Gasteiger partial charge in [-0.3, -0.25) is 4.79 Å². The van der Waals surface area contributed by atoms with Crippen LogP contribution in [-0.2, 0) is 0 Å². The average Bonchev–Trinajstić information content (AvgIpc) is 2.76. The number of furan rings is 1. The number of carbonyl (C=O) groups excluding carboxylic acids is 1. The molecule has 0 N–H and O–H groups in total. The maximum Gasteiger partial charge on any atom is 0.194 e. The monoisotopic (exact) mass is 212 g/mol. The summed E-state index contributed by atoms with van der Waals surface area (Å²) in [5.74, 6) is 1.03. The standard InChI is InChI=1S/C14H12O2/c1-11(15)14-10-9-13(16-14)8-7-12-5-3-2-4-6-12/h2-10H,1H3. The lowest BCUT2D eigenvalue weighted by molar-refractivity contribution is 0.0987. The zero-order valence-corrected chi connectivity index (χ0v) is 9.01. The van der Waals surface area contributed by atoms with Crippen LogP contribution in [0.15, 0.2) is 46.9 Å². The van der Waals surface area contributed by atoms with Crippen LogP contribution in [0.4, 0.5) is 0 Å². The summed E-state index contributed by atoms with van der Waals surface area (Å²) < 4.78 is 5.33. The summed E-state index contributed by atoms with van der Waals surface area (Å²) in [7, 11) is 0. The van der Waals surface area contributed by atoms with E-state index in [2.05, 4.69) is 0 Å². The number of ketones is 1. The molecule has 0 radical (unpaired) electrons. The average molecular weight is 212 g/mol. The van der Waals surface area contributed by atoms with E-state index in [1.807, 2.05) is 42.5 Å². The molecule has 1 aromatic carbocycles. The lowest BCUT2D eigenvalue weighted by atomic mass is 10.2. The highest BCUT2D eigenvalue weighted by atomic mass is 16.3. The molecule has 0 atom stereocenters. The van der Waals surface area contributed by atoms with E-state index < -0.39 is 0 Å². The number of Topliss-reactive ketones (excluding diaryl/α,β-unsaturated/α-hetero) is 1. The third-order valence-electron chi connectivity index (χ3n) is 2.21. The van der Waals surface area contributed by atoms with Gasteiger partial charge in [0.15, 0.2) is 11.5 Å². The van der Waals surface area contributed by atoms with Crippen molar-refractivity contribution in [1.82, 2.24) is 0 Å².